The molecule has 0 amide bonds. The highest BCUT2D eigenvalue weighted by Gasteiger charge is 2.20. The number of benzene rings is 2. The molecule has 0 saturated carbocycles. The van der Waals surface area contributed by atoms with E-state index >= 15 is 0 Å². The Bertz CT molecular complexity index is 933. The van der Waals surface area contributed by atoms with Crippen molar-refractivity contribution in [1.29, 1.82) is 0 Å². The number of rotatable bonds is 6. The molecule has 1 aliphatic rings. The zero-order valence-electron chi connectivity index (χ0n) is 17.3. The number of aromatic nitrogens is 2. The Kier molecular flexibility index (Phi) is 5.94. The number of anilines is 3. The van der Waals surface area contributed by atoms with Gasteiger partial charge in [0.15, 0.2) is 0 Å². The lowest BCUT2D eigenvalue weighted by atomic mass is 10.1. The van der Waals surface area contributed by atoms with Crippen molar-refractivity contribution in [3.05, 3.63) is 77.5 Å². The van der Waals surface area contributed by atoms with Crippen LogP contribution in [0.15, 0.2) is 60.7 Å². The van der Waals surface area contributed by atoms with Gasteiger partial charge in [0.25, 0.3) is 0 Å². The number of piperazine rings is 1. The molecule has 1 fully saturated rings. The maximum atomic E-state index is 4.79. The predicted molar refractivity (Wildman–Crippen MR) is 121 cm³/mol. The maximum Gasteiger partial charge on any atom is 0.227 e. The number of hydrogen-bond acceptors (Lipinski definition) is 5. The summed E-state index contributed by atoms with van der Waals surface area (Å²) in [5.41, 5.74) is 4.94. The van der Waals surface area contributed by atoms with Crippen LogP contribution in [-0.4, -0.2) is 42.7 Å². The van der Waals surface area contributed by atoms with Crippen LogP contribution in [0.1, 0.15) is 16.8 Å². The summed E-state index contributed by atoms with van der Waals surface area (Å²) in [7, 11) is 0. The molecule has 1 aromatic heterocycles. The van der Waals surface area contributed by atoms with Crippen LogP contribution in [-0.2, 0) is 6.42 Å². The van der Waals surface area contributed by atoms with Crippen LogP contribution in [0.25, 0.3) is 0 Å². The highest BCUT2D eigenvalue weighted by molar-refractivity contribution is 5.51. The van der Waals surface area contributed by atoms with Crippen LogP contribution in [0, 0.1) is 13.8 Å². The van der Waals surface area contributed by atoms with Crippen molar-refractivity contribution in [3.63, 3.8) is 0 Å². The van der Waals surface area contributed by atoms with Crippen LogP contribution in [0.5, 0.6) is 0 Å². The van der Waals surface area contributed by atoms with E-state index in [-0.39, 0.29) is 0 Å². The monoisotopic (exact) mass is 387 g/mol. The van der Waals surface area contributed by atoms with Crippen LogP contribution in [0.4, 0.5) is 17.5 Å². The molecule has 2 aromatic carbocycles. The van der Waals surface area contributed by atoms with Gasteiger partial charge in [0.1, 0.15) is 5.82 Å². The molecule has 1 saturated heterocycles. The molecule has 1 aliphatic heterocycles. The summed E-state index contributed by atoms with van der Waals surface area (Å²) in [5, 5.41) is 3.47. The average molecular weight is 388 g/mol. The van der Waals surface area contributed by atoms with Crippen molar-refractivity contribution in [3.8, 4) is 0 Å². The largest absolute Gasteiger partial charge is 0.370 e. The minimum Gasteiger partial charge on any atom is -0.370 e. The first-order chi connectivity index (χ1) is 14.2. The van der Waals surface area contributed by atoms with E-state index in [1.807, 2.05) is 13.0 Å². The normalized spacial score (nSPS) is 14.1. The topological polar surface area (TPSA) is 44.3 Å². The molecule has 3 aromatic rings. The standard InChI is InChI=1S/C24H29N5/c1-19-7-6-10-22(17-19)28-13-15-29(16-14-28)24-26-20(2)18-23(27-24)25-12-11-21-8-4-3-5-9-21/h3-10,17-18H,11-16H2,1-2H3,(H,25,26,27). The van der Waals surface area contributed by atoms with E-state index in [2.05, 4.69) is 76.6 Å². The summed E-state index contributed by atoms with van der Waals surface area (Å²) < 4.78 is 0. The van der Waals surface area contributed by atoms with Crippen LogP contribution >= 0.6 is 0 Å². The molecule has 1 N–H and O–H groups in total. The van der Waals surface area contributed by atoms with E-state index in [4.69, 9.17) is 9.97 Å². The number of aryl methyl sites for hydroxylation is 2. The smallest absolute Gasteiger partial charge is 0.227 e. The minimum atomic E-state index is 0.830. The summed E-state index contributed by atoms with van der Waals surface area (Å²) in [6.45, 7) is 8.88. The van der Waals surface area contributed by atoms with Gasteiger partial charge in [-0.25, -0.2) is 4.98 Å². The molecular formula is C24H29N5. The van der Waals surface area contributed by atoms with E-state index in [1.54, 1.807) is 0 Å². The van der Waals surface area contributed by atoms with Crippen molar-refractivity contribution in [2.75, 3.05) is 47.8 Å². The molecule has 0 radical (unpaired) electrons. The van der Waals surface area contributed by atoms with Crippen molar-refractivity contribution in [2.45, 2.75) is 20.3 Å². The van der Waals surface area contributed by atoms with Gasteiger partial charge in [0.05, 0.1) is 0 Å². The van der Waals surface area contributed by atoms with Crippen molar-refractivity contribution < 1.29 is 0 Å². The summed E-state index contributed by atoms with van der Waals surface area (Å²) >= 11 is 0. The third-order valence-corrected chi connectivity index (χ3v) is 5.33. The Balaban J connectivity index is 1.36. The van der Waals surface area contributed by atoms with E-state index < -0.39 is 0 Å². The molecule has 4 rings (SSSR count). The second-order valence-corrected chi connectivity index (χ2v) is 7.67. The SMILES string of the molecule is Cc1cccc(N2CCN(c3nc(C)cc(NCCc4ccccc4)n3)CC2)c1. The number of nitrogens with zero attached hydrogens (tertiary/aromatic N) is 4. The lowest BCUT2D eigenvalue weighted by Gasteiger charge is -2.36. The Morgan fingerprint density at radius 2 is 1.59 bits per heavy atom. The van der Waals surface area contributed by atoms with Gasteiger partial charge in [-0.15, -0.1) is 0 Å². The summed E-state index contributed by atoms with van der Waals surface area (Å²) in [4.78, 5) is 14.2. The number of nitrogens with one attached hydrogen (secondary N) is 1. The fourth-order valence-electron chi connectivity index (χ4n) is 3.75. The third-order valence-electron chi connectivity index (χ3n) is 5.33. The molecule has 5 heteroatoms. The first kappa shape index (κ1) is 19.2. The molecule has 0 spiro atoms. The van der Waals surface area contributed by atoms with Gasteiger partial charge in [-0.05, 0) is 43.5 Å². The Labute approximate surface area is 173 Å². The second kappa shape index (κ2) is 8.95. The van der Waals surface area contributed by atoms with Gasteiger partial charge in [0, 0.05) is 50.2 Å². The van der Waals surface area contributed by atoms with Gasteiger partial charge in [0.2, 0.25) is 5.95 Å². The molecule has 5 nitrogen and oxygen atoms in total. The molecule has 2 heterocycles. The van der Waals surface area contributed by atoms with E-state index in [0.29, 0.717) is 0 Å². The highest BCUT2D eigenvalue weighted by atomic mass is 15.3. The molecular weight excluding hydrogens is 358 g/mol. The van der Waals surface area contributed by atoms with Gasteiger partial charge in [-0.2, -0.15) is 4.98 Å². The number of hydrogen-bond donors (Lipinski definition) is 1. The summed E-state index contributed by atoms with van der Waals surface area (Å²) in [6.07, 6.45) is 0.981. The zero-order valence-corrected chi connectivity index (χ0v) is 17.3. The maximum absolute atomic E-state index is 4.79. The Morgan fingerprint density at radius 3 is 2.34 bits per heavy atom. The fraction of sp³-hybridized carbons (Fsp3) is 0.333. The first-order valence-corrected chi connectivity index (χ1v) is 10.4. The van der Waals surface area contributed by atoms with Gasteiger partial charge in [-0.3, -0.25) is 0 Å². The van der Waals surface area contributed by atoms with E-state index in [9.17, 15) is 0 Å². The fourth-order valence-corrected chi connectivity index (χ4v) is 3.75. The molecule has 29 heavy (non-hydrogen) atoms. The lowest BCUT2D eigenvalue weighted by Crippen LogP contribution is -2.47. The van der Waals surface area contributed by atoms with Crippen molar-refractivity contribution in [1.82, 2.24) is 9.97 Å². The molecule has 0 bridgehead atoms. The molecule has 0 unspecified atom stereocenters. The Hall–Kier alpha value is -3.08. The van der Waals surface area contributed by atoms with Gasteiger partial charge >= 0.3 is 0 Å². The van der Waals surface area contributed by atoms with Gasteiger partial charge in [-0.1, -0.05) is 42.5 Å². The molecule has 0 aliphatic carbocycles. The lowest BCUT2D eigenvalue weighted by molar-refractivity contribution is 0.639. The van der Waals surface area contributed by atoms with Crippen LogP contribution < -0.4 is 15.1 Å². The van der Waals surface area contributed by atoms with Crippen molar-refractivity contribution in [2.24, 2.45) is 0 Å². The first-order valence-electron chi connectivity index (χ1n) is 10.4. The summed E-state index contributed by atoms with van der Waals surface area (Å²) in [6, 6.07) is 21.3. The van der Waals surface area contributed by atoms with Crippen LogP contribution in [0.3, 0.4) is 0 Å². The summed E-state index contributed by atoms with van der Waals surface area (Å²) in [5.74, 6) is 1.74. The average Bonchev–Trinajstić information content (AvgIpc) is 2.74. The highest BCUT2D eigenvalue weighted by Crippen LogP contribution is 2.20. The minimum absolute atomic E-state index is 0.830. The quantitative estimate of drug-likeness (QED) is 0.691. The zero-order chi connectivity index (χ0) is 20.1. The molecule has 0 atom stereocenters. The van der Waals surface area contributed by atoms with Crippen molar-refractivity contribution >= 4 is 17.5 Å². The van der Waals surface area contributed by atoms with Crippen LogP contribution in [0.2, 0.25) is 0 Å². The third kappa shape index (κ3) is 5.05. The van der Waals surface area contributed by atoms with Gasteiger partial charge < -0.3 is 15.1 Å². The van der Waals surface area contributed by atoms with E-state index in [0.717, 1.165) is 56.6 Å². The molecule has 150 valence electrons. The second-order valence-electron chi connectivity index (χ2n) is 7.67. The predicted octanol–water partition coefficient (Wildman–Crippen LogP) is 4.07. The Morgan fingerprint density at radius 1 is 0.828 bits per heavy atom. The van der Waals surface area contributed by atoms with E-state index in [1.165, 1.54) is 16.8 Å².